The smallest absolute Gasteiger partial charge is 0.274 e. The first-order chi connectivity index (χ1) is 10.4. The summed E-state index contributed by atoms with van der Waals surface area (Å²) in [6.45, 7) is 1.42. The highest BCUT2D eigenvalue weighted by molar-refractivity contribution is 7.89. The molecule has 0 saturated heterocycles. The first-order valence-corrected chi connectivity index (χ1v) is 8.10. The first kappa shape index (κ1) is 16.2. The van der Waals surface area contributed by atoms with Crippen molar-refractivity contribution < 1.29 is 22.5 Å². The maximum absolute atomic E-state index is 11.9. The average molecular weight is 346 g/mol. The Hall–Kier alpha value is -2.13. The van der Waals surface area contributed by atoms with Crippen molar-refractivity contribution in [1.29, 1.82) is 0 Å². The molecule has 0 aliphatic heterocycles. The fourth-order valence-electron chi connectivity index (χ4n) is 1.47. The average Bonchev–Trinajstić information content (AvgIpc) is 2.92. The predicted octanol–water partition coefficient (Wildman–Crippen LogP) is 1.14. The molecule has 0 radical (unpaired) electrons. The van der Waals surface area contributed by atoms with Gasteiger partial charge in [-0.15, -0.1) is 0 Å². The van der Waals surface area contributed by atoms with Crippen LogP contribution in [0.1, 0.15) is 12.7 Å². The molecule has 1 atom stereocenters. The number of aromatic nitrogens is 2. The van der Waals surface area contributed by atoms with Crippen molar-refractivity contribution >= 4 is 27.5 Å². The fraction of sp³-hybridized carbons (Fsp3) is 0.250. The van der Waals surface area contributed by atoms with E-state index in [0.717, 1.165) is 6.39 Å². The van der Waals surface area contributed by atoms with Crippen molar-refractivity contribution in [1.82, 2.24) is 14.9 Å². The van der Waals surface area contributed by atoms with Gasteiger partial charge in [0, 0.05) is 5.02 Å². The van der Waals surface area contributed by atoms with E-state index in [4.69, 9.17) is 16.3 Å². The zero-order valence-electron chi connectivity index (χ0n) is 11.4. The number of benzene rings is 1. The summed E-state index contributed by atoms with van der Waals surface area (Å²) in [7, 11) is -3.93. The molecule has 1 N–H and O–H groups in total. The van der Waals surface area contributed by atoms with E-state index < -0.39 is 27.8 Å². The minimum atomic E-state index is -3.93. The SMILES string of the molecule is C[C@H](Oc1ccc(Cl)cc1)C(=O)NS(=O)(=O)Cc1ncon1. The zero-order chi connectivity index (χ0) is 16.2. The molecule has 0 aliphatic carbocycles. The Kier molecular flexibility index (Phi) is 4.99. The van der Waals surface area contributed by atoms with Gasteiger partial charge in [-0.2, -0.15) is 4.98 Å². The fourth-order valence-corrected chi connectivity index (χ4v) is 2.61. The Morgan fingerprint density at radius 1 is 1.41 bits per heavy atom. The number of hydrogen-bond acceptors (Lipinski definition) is 7. The molecular formula is C12H12ClN3O5S. The van der Waals surface area contributed by atoms with Crippen LogP contribution in [0, 0.1) is 0 Å². The minimum absolute atomic E-state index is 0.0495. The highest BCUT2D eigenvalue weighted by Gasteiger charge is 2.23. The van der Waals surface area contributed by atoms with Crippen LogP contribution in [0.25, 0.3) is 0 Å². The number of amides is 1. The number of rotatable bonds is 6. The largest absolute Gasteiger partial charge is 0.481 e. The minimum Gasteiger partial charge on any atom is -0.481 e. The van der Waals surface area contributed by atoms with E-state index in [1.807, 2.05) is 4.72 Å². The third-order valence-electron chi connectivity index (χ3n) is 2.48. The molecule has 2 rings (SSSR count). The molecule has 1 aromatic carbocycles. The molecule has 8 nitrogen and oxygen atoms in total. The number of carbonyl (C=O) groups is 1. The summed E-state index contributed by atoms with van der Waals surface area (Å²) in [6.07, 6.45) is -0.0138. The summed E-state index contributed by atoms with van der Waals surface area (Å²) in [6, 6.07) is 6.32. The number of halogens is 1. The molecule has 0 fully saturated rings. The van der Waals surface area contributed by atoms with Gasteiger partial charge in [-0.25, -0.2) is 13.1 Å². The molecule has 118 valence electrons. The van der Waals surface area contributed by atoms with Gasteiger partial charge in [-0.05, 0) is 31.2 Å². The molecule has 1 heterocycles. The Morgan fingerprint density at radius 3 is 2.68 bits per heavy atom. The van der Waals surface area contributed by atoms with Gasteiger partial charge in [0.25, 0.3) is 5.91 Å². The monoisotopic (exact) mass is 345 g/mol. The second-order valence-electron chi connectivity index (χ2n) is 4.29. The van der Waals surface area contributed by atoms with Crippen LogP contribution in [-0.4, -0.2) is 30.6 Å². The lowest BCUT2D eigenvalue weighted by Crippen LogP contribution is -2.40. The van der Waals surface area contributed by atoms with Crippen molar-refractivity contribution in [3.05, 3.63) is 41.5 Å². The second-order valence-corrected chi connectivity index (χ2v) is 6.45. The van der Waals surface area contributed by atoms with Crippen molar-refractivity contribution in [3.63, 3.8) is 0 Å². The Bertz CT molecular complexity index is 731. The van der Waals surface area contributed by atoms with Crippen molar-refractivity contribution in [2.75, 3.05) is 0 Å². The maximum atomic E-state index is 11.9. The number of nitrogens with one attached hydrogen (secondary N) is 1. The third kappa shape index (κ3) is 4.71. The molecule has 0 unspecified atom stereocenters. The highest BCUT2D eigenvalue weighted by atomic mass is 35.5. The van der Waals surface area contributed by atoms with Crippen LogP contribution in [0.5, 0.6) is 5.75 Å². The Labute approximate surface area is 131 Å². The standard InChI is InChI=1S/C12H12ClN3O5S/c1-8(21-10-4-2-9(13)3-5-10)12(17)16-22(18,19)6-11-14-7-20-15-11/h2-5,7-8H,6H2,1H3,(H,16,17)/t8-/m0/s1. The van der Waals surface area contributed by atoms with Crippen LogP contribution in [0.2, 0.25) is 5.02 Å². The van der Waals surface area contributed by atoms with Crippen LogP contribution in [0.15, 0.2) is 35.2 Å². The zero-order valence-corrected chi connectivity index (χ0v) is 13.0. The normalized spacial score (nSPS) is 12.6. The van der Waals surface area contributed by atoms with Crippen molar-refractivity contribution in [2.45, 2.75) is 18.8 Å². The molecule has 0 aliphatic rings. The number of carbonyl (C=O) groups excluding carboxylic acids is 1. The van der Waals surface area contributed by atoms with E-state index in [2.05, 4.69) is 14.7 Å². The lowest BCUT2D eigenvalue weighted by atomic mass is 10.3. The van der Waals surface area contributed by atoms with Crippen molar-refractivity contribution in [2.24, 2.45) is 0 Å². The topological polar surface area (TPSA) is 111 Å². The maximum Gasteiger partial charge on any atom is 0.274 e. The van der Waals surface area contributed by atoms with E-state index in [1.165, 1.54) is 6.92 Å². The molecule has 0 saturated carbocycles. The van der Waals surface area contributed by atoms with Gasteiger partial charge >= 0.3 is 0 Å². The number of nitrogens with zero attached hydrogens (tertiary/aromatic N) is 2. The lowest BCUT2D eigenvalue weighted by Gasteiger charge is -2.14. The highest BCUT2D eigenvalue weighted by Crippen LogP contribution is 2.16. The quantitative estimate of drug-likeness (QED) is 0.835. The summed E-state index contributed by atoms with van der Waals surface area (Å²) in [5, 5.41) is 3.89. The van der Waals surface area contributed by atoms with E-state index in [-0.39, 0.29) is 5.82 Å². The van der Waals surface area contributed by atoms with Gasteiger partial charge in [0.05, 0.1) is 0 Å². The summed E-state index contributed by atoms with van der Waals surface area (Å²) in [5.74, 6) is -1.03. The Morgan fingerprint density at radius 2 is 2.09 bits per heavy atom. The van der Waals surface area contributed by atoms with Gasteiger partial charge in [0.2, 0.25) is 16.4 Å². The lowest BCUT2D eigenvalue weighted by molar-refractivity contribution is -0.125. The van der Waals surface area contributed by atoms with Crippen molar-refractivity contribution in [3.8, 4) is 5.75 Å². The van der Waals surface area contributed by atoms with Gasteiger partial charge in [-0.1, -0.05) is 16.8 Å². The van der Waals surface area contributed by atoms with Gasteiger partial charge in [-0.3, -0.25) is 4.79 Å². The molecule has 0 bridgehead atoms. The van der Waals surface area contributed by atoms with Gasteiger partial charge in [0.15, 0.2) is 11.9 Å². The number of sulfonamides is 1. The van der Waals surface area contributed by atoms with E-state index in [0.29, 0.717) is 10.8 Å². The van der Waals surface area contributed by atoms with Crippen LogP contribution in [0.4, 0.5) is 0 Å². The van der Waals surface area contributed by atoms with Crippen LogP contribution >= 0.6 is 11.6 Å². The van der Waals surface area contributed by atoms with E-state index in [9.17, 15) is 13.2 Å². The molecule has 1 amide bonds. The summed E-state index contributed by atoms with van der Waals surface area (Å²) >= 11 is 5.73. The summed E-state index contributed by atoms with van der Waals surface area (Å²) in [4.78, 5) is 15.4. The summed E-state index contributed by atoms with van der Waals surface area (Å²) in [5.41, 5.74) is 0. The number of ether oxygens (including phenoxy) is 1. The van der Waals surface area contributed by atoms with Crippen LogP contribution in [-0.2, 0) is 20.6 Å². The van der Waals surface area contributed by atoms with E-state index >= 15 is 0 Å². The second kappa shape index (κ2) is 6.75. The molecule has 22 heavy (non-hydrogen) atoms. The molecule has 2 aromatic rings. The number of hydrogen-bond donors (Lipinski definition) is 1. The molecule has 1 aromatic heterocycles. The molecule has 10 heteroatoms. The Balaban J connectivity index is 1.94. The van der Waals surface area contributed by atoms with Crippen LogP contribution in [0.3, 0.4) is 0 Å². The van der Waals surface area contributed by atoms with Gasteiger partial charge in [0.1, 0.15) is 11.5 Å². The predicted molar refractivity (Wildman–Crippen MR) is 76.6 cm³/mol. The third-order valence-corrected chi connectivity index (χ3v) is 3.88. The van der Waals surface area contributed by atoms with E-state index in [1.54, 1.807) is 24.3 Å². The van der Waals surface area contributed by atoms with Crippen LogP contribution < -0.4 is 9.46 Å². The summed E-state index contributed by atoms with van der Waals surface area (Å²) < 4.78 is 35.2. The molecule has 0 spiro atoms. The first-order valence-electron chi connectivity index (χ1n) is 6.07. The van der Waals surface area contributed by atoms with Gasteiger partial charge < -0.3 is 9.26 Å². The molecular weight excluding hydrogens is 334 g/mol.